The molecule has 0 aliphatic heterocycles. The minimum atomic E-state index is -0.716. The molecule has 1 aromatic carbocycles. The van der Waals surface area contributed by atoms with Crippen LogP contribution in [0, 0.1) is 0 Å². The average molecular weight is 281 g/mol. The highest BCUT2D eigenvalue weighted by Gasteiger charge is 2.18. The third kappa shape index (κ3) is 4.06. The van der Waals surface area contributed by atoms with Crippen molar-refractivity contribution in [3.63, 3.8) is 0 Å². The Hall–Kier alpha value is -2.41. The molecule has 0 aromatic heterocycles. The van der Waals surface area contributed by atoms with Crippen LogP contribution in [0.2, 0.25) is 0 Å². The van der Waals surface area contributed by atoms with E-state index >= 15 is 0 Å². The van der Waals surface area contributed by atoms with E-state index in [0.717, 1.165) is 10.6 Å². The predicted molar refractivity (Wildman–Crippen MR) is 73.2 cm³/mol. The second-order valence-electron chi connectivity index (χ2n) is 3.93. The van der Waals surface area contributed by atoms with Crippen LogP contribution in [0.25, 0.3) is 0 Å². The predicted octanol–water partition coefficient (Wildman–Crippen LogP) is 0.620. The molecular weight excluding hydrogens is 262 g/mol. The van der Waals surface area contributed by atoms with Gasteiger partial charge in [-0.2, -0.15) is 0 Å². The molecule has 0 atom stereocenters. The molecule has 0 heterocycles. The van der Waals surface area contributed by atoms with Gasteiger partial charge in [0.25, 0.3) is 5.91 Å². The zero-order valence-corrected chi connectivity index (χ0v) is 11.5. The summed E-state index contributed by atoms with van der Waals surface area (Å²) in [7, 11) is 1.57. The van der Waals surface area contributed by atoms with Crippen molar-refractivity contribution in [1.82, 2.24) is 5.01 Å². The Morgan fingerprint density at radius 2 is 1.95 bits per heavy atom. The molecule has 110 valence electrons. The number of nitrogens with two attached hydrogens (primary N) is 2. The van der Waals surface area contributed by atoms with Crippen LogP contribution in [-0.4, -0.2) is 29.7 Å². The molecule has 0 saturated carbocycles. The molecule has 0 aliphatic carbocycles. The summed E-state index contributed by atoms with van der Waals surface area (Å²) < 4.78 is 9.78. The molecule has 7 heteroatoms. The van der Waals surface area contributed by atoms with Crippen molar-refractivity contribution in [3.8, 4) is 5.75 Å². The van der Waals surface area contributed by atoms with E-state index in [2.05, 4.69) is 0 Å². The van der Waals surface area contributed by atoms with Gasteiger partial charge in [0.1, 0.15) is 5.75 Å². The molecule has 7 nitrogen and oxygen atoms in total. The number of aliphatic hydroxyl groups is 1. The summed E-state index contributed by atoms with van der Waals surface area (Å²) in [6.45, 7) is 2.00. The summed E-state index contributed by atoms with van der Waals surface area (Å²) in [6, 6.07) is 7.05. The van der Waals surface area contributed by atoms with Gasteiger partial charge in [0.05, 0.1) is 20.3 Å². The van der Waals surface area contributed by atoms with E-state index in [1.807, 2.05) is 0 Å². The minimum Gasteiger partial charge on any atom is -0.497 e. The van der Waals surface area contributed by atoms with E-state index in [0.29, 0.717) is 5.75 Å². The van der Waals surface area contributed by atoms with E-state index in [1.54, 1.807) is 38.3 Å². The quantitative estimate of drug-likeness (QED) is 0.232. The molecule has 0 bridgehead atoms. The molecule has 20 heavy (non-hydrogen) atoms. The Balaban J connectivity index is 2.72. The number of nitrogens with zero attached hydrogens (tertiary/aromatic N) is 1. The van der Waals surface area contributed by atoms with Crippen LogP contribution in [0.3, 0.4) is 0 Å². The van der Waals surface area contributed by atoms with Gasteiger partial charge in [-0.3, -0.25) is 9.80 Å². The SMILES string of the molecule is CCO/C(O)=C(/N)C(=O)N(N)Cc1ccc(OC)cc1. The lowest BCUT2D eigenvalue weighted by atomic mass is 10.2. The molecule has 5 N–H and O–H groups in total. The highest BCUT2D eigenvalue weighted by molar-refractivity contribution is 5.92. The third-order valence-corrected chi connectivity index (χ3v) is 2.51. The second-order valence-corrected chi connectivity index (χ2v) is 3.93. The molecule has 1 aromatic rings. The van der Waals surface area contributed by atoms with E-state index < -0.39 is 17.5 Å². The lowest BCUT2D eigenvalue weighted by molar-refractivity contribution is -0.128. The zero-order valence-electron chi connectivity index (χ0n) is 11.5. The largest absolute Gasteiger partial charge is 0.497 e. The molecule has 0 radical (unpaired) electrons. The third-order valence-electron chi connectivity index (χ3n) is 2.51. The average Bonchev–Trinajstić information content (AvgIpc) is 2.46. The number of ether oxygens (including phenoxy) is 2. The first kappa shape index (κ1) is 15.6. The van der Waals surface area contributed by atoms with Crippen molar-refractivity contribution in [1.29, 1.82) is 0 Å². The second kappa shape index (κ2) is 7.25. The zero-order chi connectivity index (χ0) is 15.1. The highest BCUT2D eigenvalue weighted by Crippen LogP contribution is 2.12. The lowest BCUT2D eigenvalue weighted by Gasteiger charge is -2.17. The van der Waals surface area contributed by atoms with Gasteiger partial charge in [-0.25, -0.2) is 5.84 Å². The molecular formula is C13H19N3O4. The fraction of sp³-hybridized carbons (Fsp3) is 0.308. The Bertz CT molecular complexity index is 485. The van der Waals surface area contributed by atoms with E-state index in [4.69, 9.17) is 21.1 Å². The standard InChI is InChI=1S/C13H19N3O4/c1-3-20-13(18)11(14)12(17)16(15)8-9-4-6-10(19-2)7-5-9/h4-7,18H,3,8,14-15H2,1-2H3/b13-11+. The Labute approximate surface area is 117 Å². The summed E-state index contributed by atoms with van der Waals surface area (Å²) in [5.74, 6) is 4.99. The van der Waals surface area contributed by atoms with Gasteiger partial charge in [0.15, 0.2) is 5.70 Å². The van der Waals surface area contributed by atoms with Gasteiger partial charge in [-0.05, 0) is 24.6 Å². The number of carbonyl (C=O) groups is 1. The fourth-order valence-electron chi connectivity index (χ4n) is 1.46. The number of rotatable bonds is 6. The fourth-order valence-corrected chi connectivity index (χ4v) is 1.46. The molecule has 1 amide bonds. The number of hydrogen-bond acceptors (Lipinski definition) is 6. The highest BCUT2D eigenvalue weighted by atomic mass is 16.6. The van der Waals surface area contributed by atoms with Crippen LogP contribution in [0.4, 0.5) is 0 Å². The number of amides is 1. The van der Waals surface area contributed by atoms with Crippen LogP contribution in [0.15, 0.2) is 35.9 Å². The lowest BCUT2D eigenvalue weighted by Crippen LogP contribution is -2.40. The van der Waals surface area contributed by atoms with E-state index in [9.17, 15) is 9.90 Å². The summed E-state index contributed by atoms with van der Waals surface area (Å²) in [4.78, 5) is 11.8. The van der Waals surface area contributed by atoms with Gasteiger partial charge >= 0.3 is 5.95 Å². The smallest absolute Gasteiger partial charge is 0.306 e. The molecule has 0 saturated heterocycles. The van der Waals surface area contributed by atoms with Gasteiger partial charge in [-0.1, -0.05) is 12.1 Å². The number of aliphatic hydroxyl groups excluding tert-OH is 1. The monoisotopic (exact) mass is 281 g/mol. The molecule has 0 unspecified atom stereocenters. The Kier molecular flexibility index (Phi) is 5.67. The summed E-state index contributed by atoms with van der Waals surface area (Å²) in [6.07, 6.45) is 0. The first-order valence-electron chi connectivity index (χ1n) is 6.00. The van der Waals surface area contributed by atoms with Crippen LogP contribution < -0.4 is 16.3 Å². The number of hydrogen-bond donors (Lipinski definition) is 3. The van der Waals surface area contributed by atoms with Crippen LogP contribution in [-0.2, 0) is 16.1 Å². The van der Waals surface area contributed by atoms with Crippen LogP contribution in [0.1, 0.15) is 12.5 Å². The van der Waals surface area contributed by atoms with Crippen LogP contribution in [0.5, 0.6) is 5.75 Å². The Morgan fingerprint density at radius 3 is 2.45 bits per heavy atom. The van der Waals surface area contributed by atoms with Crippen LogP contribution >= 0.6 is 0 Å². The van der Waals surface area contributed by atoms with Crippen molar-refractivity contribution in [2.45, 2.75) is 13.5 Å². The first-order valence-corrected chi connectivity index (χ1v) is 6.00. The van der Waals surface area contributed by atoms with Gasteiger partial charge in [0, 0.05) is 0 Å². The van der Waals surface area contributed by atoms with Crippen molar-refractivity contribution in [2.24, 2.45) is 11.6 Å². The molecule has 0 spiro atoms. The number of hydrazine groups is 1. The maximum Gasteiger partial charge on any atom is 0.306 e. The minimum absolute atomic E-state index is 0.142. The van der Waals surface area contributed by atoms with Crippen molar-refractivity contribution in [2.75, 3.05) is 13.7 Å². The van der Waals surface area contributed by atoms with Crippen molar-refractivity contribution < 1.29 is 19.4 Å². The summed E-state index contributed by atoms with van der Waals surface area (Å²) in [5, 5.41) is 10.3. The number of benzene rings is 1. The van der Waals surface area contributed by atoms with E-state index in [-0.39, 0.29) is 13.2 Å². The summed E-state index contributed by atoms with van der Waals surface area (Å²) in [5.41, 5.74) is 5.83. The maximum absolute atomic E-state index is 11.8. The van der Waals surface area contributed by atoms with Gasteiger partial charge in [0.2, 0.25) is 0 Å². The molecule has 0 fully saturated rings. The van der Waals surface area contributed by atoms with E-state index in [1.165, 1.54) is 0 Å². The number of methoxy groups -OCH3 is 1. The summed E-state index contributed by atoms with van der Waals surface area (Å²) >= 11 is 0. The normalized spacial score (nSPS) is 11.6. The maximum atomic E-state index is 11.8. The van der Waals surface area contributed by atoms with Gasteiger partial charge in [-0.15, -0.1) is 0 Å². The number of carbonyl (C=O) groups excluding carboxylic acids is 1. The topological polar surface area (TPSA) is 111 Å². The van der Waals surface area contributed by atoms with Crippen molar-refractivity contribution in [3.05, 3.63) is 41.5 Å². The van der Waals surface area contributed by atoms with Gasteiger partial charge < -0.3 is 20.3 Å². The Morgan fingerprint density at radius 1 is 1.35 bits per heavy atom. The van der Waals surface area contributed by atoms with Crippen molar-refractivity contribution >= 4 is 5.91 Å². The first-order chi connectivity index (χ1) is 9.49. The molecule has 0 aliphatic rings. The molecule has 1 rings (SSSR count).